The number of ether oxygens (including phenoxy) is 1. The van der Waals surface area contributed by atoms with Crippen LogP contribution in [0.3, 0.4) is 0 Å². The van der Waals surface area contributed by atoms with Crippen LogP contribution in [0.2, 0.25) is 0 Å². The zero-order valence-corrected chi connectivity index (χ0v) is 11.9. The summed E-state index contributed by atoms with van der Waals surface area (Å²) in [7, 11) is 0. The molecule has 1 aliphatic rings. The Hall–Kier alpha value is -2.47. The SMILES string of the molecule is CCNc1nc(C)c([N+](=O)[O-])c(N2CCOC(C#N)C2)n1. The Morgan fingerprint density at radius 2 is 2.38 bits per heavy atom. The minimum atomic E-state index is -0.615. The van der Waals surface area contributed by atoms with E-state index in [0.717, 1.165) is 0 Å². The Kier molecular flexibility index (Phi) is 4.49. The maximum Gasteiger partial charge on any atom is 0.332 e. The molecule has 2 rings (SSSR count). The zero-order chi connectivity index (χ0) is 15.4. The van der Waals surface area contributed by atoms with Gasteiger partial charge in [0, 0.05) is 13.1 Å². The fourth-order valence-corrected chi connectivity index (χ4v) is 2.14. The van der Waals surface area contributed by atoms with Crippen molar-refractivity contribution in [1.82, 2.24) is 9.97 Å². The number of hydrogen-bond acceptors (Lipinski definition) is 8. The van der Waals surface area contributed by atoms with Crippen molar-refractivity contribution in [1.29, 1.82) is 5.26 Å². The molecule has 9 nitrogen and oxygen atoms in total. The molecule has 2 heterocycles. The average Bonchev–Trinajstić information content (AvgIpc) is 2.46. The number of morpholine rings is 1. The molecule has 0 radical (unpaired) electrons. The third kappa shape index (κ3) is 3.17. The van der Waals surface area contributed by atoms with E-state index in [2.05, 4.69) is 15.3 Å². The maximum absolute atomic E-state index is 11.3. The van der Waals surface area contributed by atoms with Gasteiger partial charge in [0.25, 0.3) is 0 Å². The molecule has 0 bridgehead atoms. The number of nitrogens with one attached hydrogen (secondary N) is 1. The van der Waals surface area contributed by atoms with Crippen LogP contribution in [0.1, 0.15) is 12.6 Å². The molecule has 0 amide bonds. The summed E-state index contributed by atoms with van der Waals surface area (Å²) < 4.78 is 5.26. The third-order valence-corrected chi connectivity index (χ3v) is 3.07. The van der Waals surface area contributed by atoms with Gasteiger partial charge in [0.2, 0.25) is 11.8 Å². The van der Waals surface area contributed by atoms with Crippen molar-refractivity contribution in [3.8, 4) is 6.07 Å². The summed E-state index contributed by atoms with van der Waals surface area (Å²) in [6.45, 7) is 5.10. The number of nitro groups is 1. The first kappa shape index (κ1) is 14.9. The van der Waals surface area contributed by atoms with E-state index in [4.69, 9.17) is 10.00 Å². The highest BCUT2D eigenvalue weighted by molar-refractivity contribution is 5.62. The van der Waals surface area contributed by atoms with E-state index in [9.17, 15) is 10.1 Å². The molecule has 1 unspecified atom stereocenters. The van der Waals surface area contributed by atoms with Crippen molar-refractivity contribution in [2.45, 2.75) is 20.0 Å². The summed E-state index contributed by atoms with van der Waals surface area (Å²) in [5.41, 5.74) is 0.163. The van der Waals surface area contributed by atoms with Crippen molar-refractivity contribution >= 4 is 17.5 Å². The van der Waals surface area contributed by atoms with Gasteiger partial charge in [-0.1, -0.05) is 0 Å². The lowest BCUT2D eigenvalue weighted by atomic mass is 10.2. The summed E-state index contributed by atoms with van der Waals surface area (Å²) in [4.78, 5) is 20.8. The number of nitriles is 1. The highest BCUT2D eigenvalue weighted by Gasteiger charge is 2.30. The minimum Gasteiger partial charge on any atom is -0.360 e. The fraction of sp³-hybridized carbons (Fsp3) is 0.583. The quantitative estimate of drug-likeness (QED) is 0.641. The monoisotopic (exact) mass is 292 g/mol. The number of aryl methyl sites for hydroxylation is 1. The van der Waals surface area contributed by atoms with E-state index in [1.807, 2.05) is 13.0 Å². The van der Waals surface area contributed by atoms with E-state index in [1.165, 1.54) is 0 Å². The molecule has 1 aliphatic heterocycles. The van der Waals surface area contributed by atoms with Gasteiger partial charge in [-0.15, -0.1) is 0 Å². The van der Waals surface area contributed by atoms with Gasteiger partial charge in [0.15, 0.2) is 6.10 Å². The van der Waals surface area contributed by atoms with Gasteiger partial charge in [-0.05, 0) is 13.8 Å². The molecular formula is C12H16N6O3. The van der Waals surface area contributed by atoms with Crippen LogP contribution < -0.4 is 10.2 Å². The number of nitrogens with zero attached hydrogens (tertiary/aromatic N) is 5. The zero-order valence-electron chi connectivity index (χ0n) is 11.9. The highest BCUT2D eigenvalue weighted by atomic mass is 16.6. The van der Waals surface area contributed by atoms with Gasteiger partial charge in [-0.3, -0.25) is 10.1 Å². The molecule has 0 aromatic carbocycles. The minimum absolute atomic E-state index is 0.129. The van der Waals surface area contributed by atoms with Crippen molar-refractivity contribution < 1.29 is 9.66 Å². The second-order valence-corrected chi connectivity index (χ2v) is 4.53. The van der Waals surface area contributed by atoms with E-state index < -0.39 is 11.0 Å². The number of aromatic nitrogens is 2. The molecule has 1 aromatic heterocycles. The van der Waals surface area contributed by atoms with Crippen LogP contribution >= 0.6 is 0 Å². The van der Waals surface area contributed by atoms with E-state index >= 15 is 0 Å². The Morgan fingerprint density at radius 1 is 1.62 bits per heavy atom. The Balaban J connectivity index is 2.44. The molecular weight excluding hydrogens is 276 g/mol. The second kappa shape index (κ2) is 6.32. The molecule has 1 atom stereocenters. The molecule has 1 saturated heterocycles. The topological polar surface area (TPSA) is 117 Å². The van der Waals surface area contributed by atoms with Crippen LogP contribution in [0.15, 0.2) is 0 Å². The fourth-order valence-electron chi connectivity index (χ4n) is 2.14. The largest absolute Gasteiger partial charge is 0.360 e. The first-order valence-electron chi connectivity index (χ1n) is 6.59. The van der Waals surface area contributed by atoms with Crippen LogP contribution in [0.5, 0.6) is 0 Å². The number of hydrogen-bond donors (Lipinski definition) is 1. The van der Waals surface area contributed by atoms with Crippen LogP contribution in [-0.4, -0.2) is 47.2 Å². The van der Waals surface area contributed by atoms with Gasteiger partial charge in [0.1, 0.15) is 5.69 Å². The lowest BCUT2D eigenvalue weighted by Gasteiger charge is -2.30. The molecule has 21 heavy (non-hydrogen) atoms. The maximum atomic E-state index is 11.3. The van der Waals surface area contributed by atoms with Gasteiger partial charge in [-0.2, -0.15) is 10.2 Å². The number of anilines is 2. The molecule has 1 fully saturated rings. The molecule has 1 N–H and O–H groups in total. The lowest BCUT2D eigenvalue weighted by Crippen LogP contribution is -2.42. The average molecular weight is 292 g/mol. The summed E-state index contributed by atoms with van der Waals surface area (Å²) in [6.07, 6.45) is -0.615. The summed E-state index contributed by atoms with van der Waals surface area (Å²) in [5.74, 6) is 0.572. The lowest BCUT2D eigenvalue weighted by molar-refractivity contribution is -0.385. The predicted octanol–water partition coefficient (Wildman–Crippen LogP) is 0.854. The standard InChI is InChI=1S/C12H16N6O3/c1-3-14-12-15-8(2)10(18(19)20)11(16-12)17-4-5-21-9(6-13)7-17/h9H,3-5,7H2,1-2H3,(H,14,15,16). The van der Waals surface area contributed by atoms with E-state index in [0.29, 0.717) is 31.3 Å². The van der Waals surface area contributed by atoms with E-state index in [1.54, 1.807) is 11.8 Å². The predicted molar refractivity (Wildman–Crippen MR) is 75.2 cm³/mol. The van der Waals surface area contributed by atoms with Crippen LogP contribution in [-0.2, 0) is 4.74 Å². The Morgan fingerprint density at radius 3 is 3.00 bits per heavy atom. The normalized spacial score (nSPS) is 18.1. The van der Waals surface area contributed by atoms with Crippen LogP contribution in [0, 0.1) is 28.4 Å². The van der Waals surface area contributed by atoms with Crippen molar-refractivity contribution in [2.75, 3.05) is 36.5 Å². The molecule has 9 heteroatoms. The smallest absolute Gasteiger partial charge is 0.332 e. The molecule has 0 saturated carbocycles. The first-order chi connectivity index (χ1) is 10.1. The van der Waals surface area contributed by atoms with Gasteiger partial charge >= 0.3 is 5.69 Å². The summed E-state index contributed by atoms with van der Waals surface area (Å²) >= 11 is 0. The molecule has 112 valence electrons. The van der Waals surface area contributed by atoms with Crippen molar-refractivity contribution in [2.24, 2.45) is 0 Å². The first-order valence-corrected chi connectivity index (χ1v) is 6.59. The summed E-state index contributed by atoms with van der Waals surface area (Å²) in [6, 6.07) is 2.01. The van der Waals surface area contributed by atoms with Crippen LogP contribution in [0.25, 0.3) is 0 Å². The third-order valence-electron chi connectivity index (χ3n) is 3.07. The molecule has 1 aromatic rings. The number of rotatable bonds is 4. The van der Waals surface area contributed by atoms with Crippen molar-refractivity contribution in [3.63, 3.8) is 0 Å². The molecule has 0 spiro atoms. The van der Waals surface area contributed by atoms with Gasteiger partial charge in [0.05, 0.1) is 24.1 Å². The Bertz CT molecular complexity index is 585. The second-order valence-electron chi connectivity index (χ2n) is 4.53. The van der Waals surface area contributed by atoms with Gasteiger partial charge < -0.3 is 15.0 Å². The van der Waals surface area contributed by atoms with Crippen molar-refractivity contribution in [3.05, 3.63) is 15.8 Å². The van der Waals surface area contributed by atoms with E-state index in [-0.39, 0.29) is 18.1 Å². The highest BCUT2D eigenvalue weighted by Crippen LogP contribution is 2.30. The molecule has 0 aliphatic carbocycles. The summed E-state index contributed by atoms with van der Waals surface area (Å²) in [5, 5.41) is 23.2. The van der Waals surface area contributed by atoms with Crippen LogP contribution in [0.4, 0.5) is 17.5 Å². The Labute approximate surface area is 121 Å². The van der Waals surface area contributed by atoms with Gasteiger partial charge in [-0.25, -0.2) is 4.98 Å².